The monoisotopic (exact) mass is 216 g/mol. The van der Waals surface area contributed by atoms with Crippen LogP contribution in [0.4, 0.5) is 0 Å². The molecule has 1 unspecified atom stereocenters. The number of quaternary nitrogens is 2. The summed E-state index contributed by atoms with van der Waals surface area (Å²) in [6, 6.07) is 0.780. The van der Waals surface area contributed by atoms with E-state index in [4.69, 9.17) is 0 Å². The van der Waals surface area contributed by atoms with Crippen LogP contribution in [0.1, 0.15) is 12.8 Å². The van der Waals surface area contributed by atoms with E-state index in [1.54, 1.807) is 4.90 Å². The largest absolute Gasteiger partial charge is 1.00 e. The van der Waals surface area contributed by atoms with Crippen LogP contribution in [0.15, 0.2) is 0 Å². The number of piperidine rings is 3. The molecule has 0 aromatic rings. The molecule has 0 aliphatic carbocycles. The molecular weight excluding hydrogens is 199 g/mol. The molecule has 3 nitrogen and oxygen atoms in total. The van der Waals surface area contributed by atoms with Gasteiger partial charge in [-0.05, 0) is 0 Å². The predicted molar refractivity (Wildman–Crippen MR) is 38.6 cm³/mol. The van der Waals surface area contributed by atoms with E-state index in [1.807, 2.05) is 0 Å². The minimum Gasteiger partial charge on any atom is -1.00 e. The molecule has 3 heterocycles. The van der Waals surface area contributed by atoms with Crippen LogP contribution in [0, 0.1) is 5.92 Å². The van der Waals surface area contributed by atoms with Crippen LogP contribution < -0.4 is 35.4 Å². The number of hydrogen-bond acceptors (Lipinski definition) is 0. The van der Waals surface area contributed by atoms with Crippen LogP contribution in [0.25, 0.3) is 0 Å². The number of nitrogens with one attached hydrogen (secondary N) is 1. The van der Waals surface area contributed by atoms with Crippen molar-refractivity contribution in [2.45, 2.75) is 18.9 Å². The first-order valence-electron chi connectivity index (χ1n) is 4.03. The van der Waals surface area contributed by atoms with E-state index in [9.17, 15) is 0 Å². The first kappa shape index (κ1) is 15.0. The molecular formula is C7H18Cl2N2O. The summed E-state index contributed by atoms with van der Waals surface area (Å²) >= 11 is 0. The van der Waals surface area contributed by atoms with E-state index in [0.29, 0.717) is 0 Å². The standard InChI is InChI=1S/C7H14N2.2ClH.H2O/c8-7-5-9-3-1-6(7)2-4-9;;;/h6-7H,1-5,8H2;2*1H;1H2. The molecule has 12 heavy (non-hydrogen) atoms. The minimum absolute atomic E-state index is 0. The lowest BCUT2D eigenvalue weighted by Crippen LogP contribution is -3.18. The SMILES string of the molecule is O.[Cl-].[Cl-].[NH3+]C1C[NH+]2CCC1CC2. The summed E-state index contributed by atoms with van der Waals surface area (Å²) in [5.74, 6) is 0.988. The maximum Gasteiger partial charge on any atom is 0.137 e. The Morgan fingerprint density at radius 3 is 1.75 bits per heavy atom. The number of halogens is 2. The summed E-state index contributed by atoms with van der Waals surface area (Å²) in [5.41, 5.74) is 4.16. The van der Waals surface area contributed by atoms with Crippen molar-refractivity contribution in [2.24, 2.45) is 5.92 Å². The van der Waals surface area contributed by atoms with Gasteiger partial charge in [-0.15, -0.1) is 0 Å². The Balaban J connectivity index is 0. The summed E-state index contributed by atoms with van der Waals surface area (Å²) in [7, 11) is 0. The third kappa shape index (κ3) is 2.75. The molecule has 3 rings (SSSR count). The zero-order chi connectivity index (χ0) is 6.27. The van der Waals surface area contributed by atoms with Gasteiger partial charge in [-0.2, -0.15) is 0 Å². The molecule has 0 saturated carbocycles. The quantitative estimate of drug-likeness (QED) is 0.405. The van der Waals surface area contributed by atoms with Gasteiger partial charge in [0.25, 0.3) is 0 Å². The van der Waals surface area contributed by atoms with E-state index in [-0.39, 0.29) is 30.3 Å². The second-order valence-electron chi connectivity index (χ2n) is 3.55. The van der Waals surface area contributed by atoms with Crippen molar-refractivity contribution in [1.82, 2.24) is 0 Å². The average molecular weight is 217 g/mol. The van der Waals surface area contributed by atoms with Gasteiger partial charge in [-0.1, -0.05) is 0 Å². The van der Waals surface area contributed by atoms with E-state index >= 15 is 0 Å². The zero-order valence-electron chi connectivity index (χ0n) is 7.15. The molecule has 3 aliphatic rings. The van der Waals surface area contributed by atoms with Crippen molar-refractivity contribution in [3.63, 3.8) is 0 Å². The Morgan fingerprint density at radius 2 is 1.58 bits per heavy atom. The Kier molecular flexibility index (Phi) is 7.47. The fourth-order valence-electron chi connectivity index (χ4n) is 2.26. The molecule has 0 spiro atoms. The summed E-state index contributed by atoms with van der Waals surface area (Å²) in [4.78, 5) is 1.80. The van der Waals surface area contributed by atoms with E-state index < -0.39 is 0 Å². The topological polar surface area (TPSA) is 63.6 Å². The molecule has 0 amide bonds. The normalized spacial score (nSPS) is 37.2. The number of fused-ring (bicyclic) bond motifs is 3. The first-order chi connectivity index (χ1) is 4.36. The van der Waals surface area contributed by atoms with Crippen molar-refractivity contribution in [3.05, 3.63) is 0 Å². The van der Waals surface area contributed by atoms with E-state index in [2.05, 4.69) is 5.73 Å². The maximum atomic E-state index is 4.16. The highest BCUT2D eigenvalue weighted by Gasteiger charge is 2.37. The van der Waals surface area contributed by atoms with Gasteiger partial charge in [0.15, 0.2) is 0 Å². The molecule has 0 aromatic heterocycles. The second kappa shape index (κ2) is 6.00. The van der Waals surface area contributed by atoms with Gasteiger partial charge in [0.2, 0.25) is 0 Å². The third-order valence-electron chi connectivity index (χ3n) is 2.95. The second-order valence-corrected chi connectivity index (χ2v) is 3.55. The molecule has 3 aliphatic heterocycles. The molecule has 2 bridgehead atoms. The molecule has 3 fully saturated rings. The lowest BCUT2D eigenvalue weighted by atomic mass is 9.85. The molecule has 76 valence electrons. The maximum absolute atomic E-state index is 4.16. The Morgan fingerprint density at radius 1 is 1.08 bits per heavy atom. The lowest BCUT2D eigenvalue weighted by Gasteiger charge is -2.37. The van der Waals surface area contributed by atoms with Crippen molar-refractivity contribution in [1.29, 1.82) is 0 Å². The summed E-state index contributed by atoms with van der Waals surface area (Å²) < 4.78 is 0. The predicted octanol–water partition coefficient (Wildman–Crippen LogP) is -8.91. The molecule has 1 atom stereocenters. The van der Waals surface area contributed by atoms with Crippen LogP contribution in [0.5, 0.6) is 0 Å². The van der Waals surface area contributed by atoms with Crippen LogP contribution in [-0.4, -0.2) is 31.2 Å². The van der Waals surface area contributed by atoms with Crippen molar-refractivity contribution >= 4 is 0 Å². The fraction of sp³-hybridized carbons (Fsp3) is 1.00. The fourth-order valence-corrected chi connectivity index (χ4v) is 2.26. The number of rotatable bonds is 0. The smallest absolute Gasteiger partial charge is 0.137 e. The average Bonchev–Trinajstić information content (AvgIpc) is 1.90. The molecule has 5 heteroatoms. The van der Waals surface area contributed by atoms with Crippen molar-refractivity contribution < 1.29 is 40.9 Å². The highest BCUT2D eigenvalue weighted by Crippen LogP contribution is 2.14. The van der Waals surface area contributed by atoms with Crippen molar-refractivity contribution in [3.8, 4) is 0 Å². The zero-order valence-corrected chi connectivity index (χ0v) is 8.67. The van der Waals surface area contributed by atoms with Crippen LogP contribution >= 0.6 is 0 Å². The van der Waals surface area contributed by atoms with Crippen LogP contribution in [0.2, 0.25) is 0 Å². The molecule has 3 saturated heterocycles. The molecule has 6 N–H and O–H groups in total. The molecule has 0 radical (unpaired) electrons. The Hall–Kier alpha value is 0.460. The molecule has 0 aromatic carbocycles. The lowest BCUT2D eigenvalue weighted by molar-refractivity contribution is -0.929. The van der Waals surface area contributed by atoms with Gasteiger partial charge in [0.1, 0.15) is 12.6 Å². The Labute approximate surface area is 85.8 Å². The summed E-state index contributed by atoms with van der Waals surface area (Å²) in [6.07, 6.45) is 2.90. The van der Waals surface area contributed by atoms with Gasteiger partial charge >= 0.3 is 0 Å². The van der Waals surface area contributed by atoms with Crippen molar-refractivity contribution in [2.75, 3.05) is 19.6 Å². The van der Waals surface area contributed by atoms with Crippen LogP contribution in [0.3, 0.4) is 0 Å². The summed E-state index contributed by atoms with van der Waals surface area (Å²) in [5, 5.41) is 0. The third-order valence-corrected chi connectivity index (χ3v) is 2.95. The number of hydrogen-bond donors (Lipinski definition) is 2. The Bertz CT molecular complexity index is 118. The summed E-state index contributed by atoms with van der Waals surface area (Å²) in [6.45, 7) is 4.21. The highest BCUT2D eigenvalue weighted by atomic mass is 35.5. The van der Waals surface area contributed by atoms with Gasteiger partial charge in [-0.25, -0.2) is 0 Å². The van der Waals surface area contributed by atoms with Gasteiger partial charge in [-0.3, -0.25) is 0 Å². The van der Waals surface area contributed by atoms with Gasteiger partial charge < -0.3 is 40.9 Å². The van der Waals surface area contributed by atoms with E-state index in [1.165, 1.54) is 32.5 Å². The van der Waals surface area contributed by atoms with Gasteiger partial charge in [0.05, 0.1) is 13.1 Å². The van der Waals surface area contributed by atoms with E-state index in [0.717, 1.165) is 12.0 Å². The van der Waals surface area contributed by atoms with Crippen LogP contribution in [-0.2, 0) is 0 Å². The first-order valence-corrected chi connectivity index (χ1v) is 4.03. The highest BCUT2D eigenvalue weighted by molar-refractivity contribution is 4.73. The van der Waals surface area contributed by atoms with Gasteiger partial charge in [0, 0.05) is 18.8 Å². The minimum atomic E-state index is 0.